The summed E-state index contributed by atoms with van der Waals surface area (Å²) in [7, 11) is 0. The van der Waals surface area contributed by atoms with Crippen molar-refractivity contribution >= 4 is 11.5 Å². The van der Waals surface area contributed by atoms with Crippen LogP contribution >= 0.6 is 0 Å². The Morgan fingerprint density at radius 2 is 1.85 bits per heavy atom. The Balaban J connectivity index is 1.83. The molecule has 5 atom stereocenters. The summed E-state index contributed by atoms with van der Waals surface area (Å²) in [5.41, 5.74) is 1.40. The van der Waals surface area contributed by atoms with Crippen molar-refractivity contribution in [2.45, 2.75) is 43.5 Å². The van der Waals surface area contributed by atoms with Gasteiger partial charge < -0.3 is 35.0 Å². The fraction of sp³-hybridized carbons (Fsp3) is 0.421. The number of aliphatic hydroxyl groups excluding tert-OH is 4. The highest BCUT2D eigenvalue weighted by molar-refractivity contribution is 5.90. The van der Waals surface area contributed by atoms with Crippen molar-refractivity contribution in [1.82, 2.24) is 0 Å². The highest BCUT2D eigenvalue weighted by atomic mass is 16.7. The van der Waals surface area contributed by atoms with Gasteiger partial charge in [-0.25, -0.2) is 4.79 Å². The minimum Gasteiger partial charge on any atom is -0.478 e. The molecule has 1 heterocycles. The molecule has 1 aromatic rings. The first-order chi connectivity index (χ1) is 12.9. The van der Waals surface area contributed by atoms with E-state index in [0.717, 1.165) is 6.42 Å². The zero-order valence-electron chi connectivity index (χ0n) is 14.4. The third kappa shape index (κ3) is 4.05. The molecule has 146 valence electrons. The van der Waals surface area contributed by atoms with Gasteiger partial charge in [-0.15, -0.1) is 0 Å². The number of carboxylic acids is 1. The van der Waals surface area contributed by atoms with Crippen LogP contribution in [0.4, 0.5) is 0 Å². The van der Waals surface area contributed by atoms with Crippen molar-refractivity contribution in [1.29, 1.82) is 0 Å². The molecule has 1 aromatic carbocycles. The maximum Gasteiger partial charge on any atom is 0.335 e. The number of carbonyl (C=O) groups is 1. The van der Waals surface area contributed by atoms with Crippen LogP contribution < -0.4 is 0 Å². The molecule has 0 saturated carbocycles. The first-order valence-corrected chi connectivity index (χ1v) is 8.64. The number of allylic oxidation sites excluding steroid dienone is 3. The zero-order valence-corrected chi connectivity index (χ0v) is 14.4. The molecule has 27 heavy (non-hydrogen) atoms. The second kappa shape index (κ2) is 8.20. The van der Waals surface area contributed by atoms with Crippen LogP contribution in [0.2, 0.25) is 0 Å². The molecule has 1 aliphatic heterocycles. The molecule has 3 rings (SSSR count). The molecule has 1 saturated heterocycles. The summed E-state index contributed by atoms with van der Waals surface area (Å²) in [6.45, 7) is -0.548. The Morgan fingerprint density at radius 3 is 2.56 bits per heavy atom. The normalized spacial score (nSPS) is 31.0. The number of hydrogen-bond donors (Lipinski definition) is 5. The van der Waals surface area contributed by atoms with E-state index >= 15 is 0 Å². The van der Waals surface area contributed by atoms with Crippen molar-refractivity contribution in [3.8, 4) is 0 Å². The monoisotopic (exact) mass is 378 g/mol. The molecule has 0 spiro atoms. The largest absolute Gasteiger partial charge is 0.478 e. The summed E-state index contributed by atoms with van der Waals surface area (Å²) in [6.07, 6.45) is -1.80. The van der Waals surface area contributed by atoms with Crippen LogP contribution in [0.5, 0.6) is 0 Å². The van der Waals surface area contributed by atoms with E-state index in [2.05, 4.69) is 0 Å². The summed E-state index contributed by atoms with van der Waals surface area (Å²) >= 11 is 0. The van der Waals surface area contributed by atoms with Crippen LogP contribution in [0.3, 0.4) is 0 Å². The second-order valence-corrected chi connectivity index (χ2v) is 6.46. The Kier molecular flexibility index (Phi) is 5.93. The maximum absolute atomic E-state index is 11.2. The molecule has 0 radical (unpaired) electrons. The molecular weight excluding hydrogens is 356 g/mol. The minimum absolute atomic E-state index is 0.131. The van der Waals surface area contributed by atoms with Gasteiger partial charge in [0.1, 0.15) is 30.2 Å². The maximum atomic E-state index is 11.2. The number of rotatable bonds is 5. The number of hydrogen-bond acceptors (Lipinski definition) is 7. The van der Waals surface area contributed by atoms with Crippen molar-refractivity contribution in [2.75, 3.05) is 6.61 Å². The van der Waals surface area contributed by atoms with Crippen LogP contribution in [0.1, 0.15) is 28.8 Å². The number of aromatic carboxylic acids is 1. The molecular formula is C19H22O8. The topological polar surface area (TPSA) is 137 Å². The smallest absolute Gasteiger partial charge is 0.335 e. The van der Waals surface area contributed by atoms with Crippen molar-refractivity contribution in [3.05, 3.63) is 53.3 Å². The Morgan fingerprint density at radius 1 is 1.11 bits per heavy atom. The van der Waals surface area contributed by atoms with Gasteiger partial charge in [-0.2, -0.15) is 0 Å². The van der Waals surface area contributed by atoms with E-state index in [4.69, 9.17) is 9.47 Å². The molecule has 8 nitrogen and oxygen atoms in total. The van der Waals surface area contributed by atoms with Gasteiger partial charge >= 0.3 is 5.97 Å². The van der Waals surface area contributed by atoms with E-state index < -0.39 is 43.3 Å². The molecule has 8 heteroatoms. The lowest BCUT2D eigenvalue weighted by atomic mass is 9.95. The van der Waals surface area contributed by atoms with Crippen LogP contribution in [0, 0.1) is 0 Å². The third-order valence-electron chi connectivity index (χ3n) is 4.62. The quantitative estimate of drug-likeness (QED) is 0.492. The van der Waals surface area contributed by atoms with E-state index in [-0.39, 0.29) is 5.56 Å². The van der Waals surface area contributed by atoms with Crippen molar-refractivity contribution in [3.63, 3.8) is 0 Å². The lowest BCUT2D eigenvalue weighted by Gasteiger charge is -2.40. The molecule has 0 aromatic heterocycles. The van der Waals surface area contributed by atoms with E-state index in [9.17, 15) is 30.3 Å². The van der Waals surface area contributed by atoms with Crippen LogP contribution in [0.25, 0.3) is 5.57 Å². The first-order valence-electron chi connectivity index (χ1n) is 8.64. The van der Waals surface area contributed by atoms with Crippen molar-refractivity contribution < 1.29 is 39.8 Å². The van der Waals surface area contributed by atoms with E-state index in [1.54, 1.807) is 18.2 Å². The number of carboxylic acid groups (broad SMARTS) is 1. The molecule has 0 amide bonds. The van der Waals surface area contributed by atoms with Gasteiger partial charge in [0.05, 0.1) is 12.2 Å². The van der Waals surface area contributed by atoms with Gasteiger partial charge in [-0.05, 0) is 36.6 Å². The SMILES string of the molecule is O=C(O)c1cccc(C2=CCCC=C2OC2OC(CO)C(O)C(O)C2O)c1. The predicted molar refractivity (Wildman–Crippen MR) is 93.5 cm³/mol. The number of benzene rings is 1. The fourth-order valence-electron chi connectivity index (χ4n) is 3.13. The molecule has 5 unspecified atom stereocenters. The summed E-state index contributed by atoms with van der Waals surface area (Å²) in [6, 6.07) is 6.37. The predicted octanol–water partition coefficient (Wildman–Crippen LogP) is 0.262. The van der Waals surface area contributed by atoms with Gasteiger partial charge in [-0.3, -0.25) is 0 Å². The first kappa shape index (κ1) is 19.5. The molecule has 0 bridgehead atoms. The molecule has 2 aliphatic rings. The highest BCUT2D eigenvalue weighted by Gasteiger charge is 2.45. The summed E-state index contributed by atoms with van der Waals surface area (Å²) < 4.78 is 11.1. The van der Waals surface area contributed by atoms with E-state index in [1.807, 2.05) is 6.08 Å². The number of aliphatic hydroxyl groups is 4. The second-order valence-electron chi connectivity index (χ2n) is 6.46. The Bertz CT molecular complexity index is 754. The van der Waals surface area contributed by atoms with E-state index in [1.165, 1.54) is 12.1 Å². The summed E-state index contributed by atoms with van der Waals surface area (Å²) in [5, 5.41) is 48.4. The van der Waals surface area contributed by atoms with Crippen molar-refractivity contribution in [2.24, 2.45) is 0 Å². The third-order valence-corrected chi connectivity index (χ3v) is 4.62. The molecule has 5 N–H and O–H groups in total. The van der Waals surface area contributed by atoms with Crippen LogP contribution in [-0.2, 0) is 9.47 Å². The number of ether oxygens (including phenoxy) is 2. The van der Waals surface area contributed by atoms with Gasteiger partial charge in [0.25, 0.3) is 0 Å². The van der Waals surface area contributed by atoms with Crippen LogP contribution in [0.15, 0.2) is 42.2 Å². The van der Waals surface area contributed by atoms with Gasteiger partial charge in [0.15, 0.2) is 0 Å². The Labute approximate surface area is 155 Å². The van der Waals surface area contributed by atoms with Crippen LogP contribution in [-0.4, -0.2) is 68.8 Å². The van der Waals surface area contributed by atoms with E-state index in [0.29, 0.717) is 23.3 Å². The summed E-state index contributed by atoms with van der Waals surface area (Å²) in [5.74, 6) is -0.679. The zero-order chi connectivity index (χ0) is 19.6. The minimum atomic E-state index is -1.53. The average molecular weight is 378 g/mol. The average Bonchev–Trinajstić information content (AvgIpc) is 2.69. The standard InChI is InChI=1S/C19H22O8/c20-9-14-15(21)16(22)17(23)19(27-14)26-13-7-2-1-6-12(13)10-4-3-5-11(8-10)18(24)25/h3-8,14-17,19-23H,1-2,9H2,(H,24,25). The lowest BCUT2D eigenvalue weighted by molar-refractivity contribution is -0.290. The van der Waals surface area contributed by atoms with Gasteiger partial charge in [0.2, 0.25) is 6.29 Å². The van der Waals surface area contributed by atoms with Gasteiger partial charge in [0, 0.05) is 5.57 Å². The molecule has 1 fully saturated rings. The Hall–Kier alpha value is -2.23. The molecule has 1 aliphatic carbocycles. The summed E-state index contributed by atoms with van der Waals surface area (Å²) in [4.78, 5) is 11.2. The fourth-order valence-corrected chi connectivity index (χ4v) is 3.13. The highest BCUT2D eigenvalue weighted by Crippen LogP contribution is 2.33. The lowest BCUT2D eigenvalue weighted by Crippen LogP contribution is -2.59. The van der Waals surface area contributed by atoms with Gasteiger partial charge in [-0.1, -0.05) is 18.2 Å².